The minimum Gasteiger partial charge on any atom is -0.504 e. The fraction of sp³-hybridized carbons (Fsp3) is 0.321. The molecule has 4 N–H and O–H groups in total. The number of aromatic hydroxyl groups is 1. The Hall–Kier alpha value is -4.56. The minimum atomic E-state index is -1.71. The number of carbonyl (C=O) groups is 2. The number of nitrogens with one attached hydrogen (secondary N) is 1. The van der Waals surface area contributed by atoms with Gasteiger partial charge in [0.1, 0.15) is 18.0 Å². The van der Waals surface area contributed by atoms with Gasteiger partial charge >= 0.3 is 0 Å². The van der Waals surface area contributed by atoms with Crippen molar-refractivity contribution in [1.29, 1.82) is 0 Å². The van der Waals surface area contributed by atoms with Gasteiger partial charge in [-0.1, -0.05) is 11.6 Å². The second-order valence-electron chi connectivity index (χ2n) is 10.9. The molecule has 0 spiro atoms. The second kappa shape index (κ2) is 10.6. The lowest BCUT2D eigenvalue weighted by atomic mass is 10.0. The highest BCUT2D eigenvalue weighted by molar-refractivity contribution is 6.33. The maximum absolute atomic E-state index is 15.1. The van der Waals surface area contributed by atoms with Gasteiger partial charge in [0.15, 0.2) is 11.6 Å². The lowest BCUT2D eigenvalue weighted by Gasteiger charge is -2.39. The zero-order valence-corrected chi connectivity index (χ0v) is 23.9. The number of nitrogens with zero attached hydrogens (tertiary/aromatic N) is 6. The Morgan fingerprint density at radius 2 is 1.81 bits per heavy atom. The molecule has 5 heterocycles. The molecule has 2 amide bonds. The number of aromatic nitrogens is 4. The third-order valence-electron chi connectivity index (χ3n) is 8.27. The van der Waals surface area contributed by atoms with E-state index in [1.165, 1.54) is 30.3 Å². The number of hydrogen-bond acceptors (Lipinski definition) is 8. The number of amides is 2. The van der Waals surface area contributed by atoms with E-state index >= 15 is 4.39 Å². The summed E-state index contributed by atoms with van der Waals surface area (Å²) in [4.78, 5) is 51.4. The van der Waals surface area contributed by atoms with Crippen molar-refractivity contribution in [2.24, 2.45) is 12.8 Å². The zero-order chi connectivity index (χ0) is 30.7. The van der Waals surface area contributed by atoms with E-state index in [1.54, 1.807) is 6.07 Å². The van der Waals surface area contributed by atoms with Crippen molar-refractivity contribution < 1.29 is 23.5 Å². The number of nitrogens with two attached hydrogens (primary N) is 1. The predicted molar refractivity (Wildman–Crippen MR) is 155 cm³/mol. The molecule has 6 rings (SSSR count). The number of benzene rings is 1. The van der Waals surface area contributed by atoms with Crippen LogP contribution in [-0.2, 0) is 18.4 Å². The number of pyridine rings is 1. The van der Waals surface area contributed by atoms with Crippen LogP contribution in [0.3, 0.4) is 0 Å². The van der Waals surface area contributed by atoms with Crippen molar-refractivity contribution in [3.8, 4) is 16.9 Å². The fourth-order valence-electron chi connectivity index (χ4n) is 5.93. The summed E-state index contributed by atoms with van der Waals surface area (Å²) in [7, 11) is 3.55. The normalized spacial score (nSPS) is 18.4. The highest BCUT2D eigenvalue weighted by atomic mass is 35.5. The topological polar surface area (TPSA) is 152 Å². The maximum Gasteiger partial charge on any atom is 0.263 e. The average Bonchev–Trinajstić information content (AvgIpc) is 3.39. The molecule has 2 bridgehead atoms. The van der Waals surface area contributed by atoms with Crippen LogP contribution in [-0.4, -0.2) is 73.1 Å². The molecule has 2 atom stereocenters. The molecule has 43 heavy (non-hydrogen) atoms. The largest absolute Gasteiger partial charge is 0.504 e. The molecule has 2 saturated heterocycles. The van der Waals surface area contributed by atoms with Crippen molar-refractivity contribution in [2.45, 2.75) is 31.5 Å². The number of hydrogen-bond donors (Lipinski definition) is 3. The monoisotopic (exact) mass is 612 g/mol. The van der Waals surface area contributed by atoms with Crippen LogP contribution in [0.4, 0.5) is 20.3 Å². The van der Waals surface area contributed by atoms with E-state index in [9.17, 15) is 23.9 Å². The van der Waals surface area contributed by atoms with Gasteiger partial charge < -0.3 is 30.2 Å². The van der Waals surface area contributed by atoms with E-state index in [-0.39, 0.29) is 28.2 Å². The van der Waals surface area contributed by atoms with E-state index in [0.29, 0.717) is 23.6 Å². The molecule has 1 aromatic carbocycles. The molecular weight excluding hydrogens is 586 g/mol. The number of anilines is 2. The Bertz CT molecular complexity index is 1860. The number of phenols is 1. The Kier molecular flexibility index (Phi) is 7.05. The van der Waals surface area contributed by atoms with E-state index in [2.05, 4.69) is 32.1 Å². The van der Waals surface area contributed by atoms with Gasteiger partial charge in [0, 0.05) is 55.6 Å². The summed E-state index contributed by atoms with van der Waals surface area (Å²) in [6.07, 6.45) is 6.17. The van der Waals surface area contributed by atoms with E-state index in [0.717, 1.165) is 36.6 Å². The lowest BCUT2D eigenvalue weighted by Crippen LogP contribution is -2.52. The number of fused-ring (bicyclic) bond motifs is 3. The van der Waals surface area contributed by atoms with Crippen molar-refractivity contribution in [2.75, 3.05) is 30.4 Å². The summed E-state index contributed by atoms with van der Waals surface area (Å²) in [5.41, 5.74) is 3.63. The molecule has 15 heteroatoms. The summed E-state index contributed by atoms with van der Waals surface area (Å²) < 4.78 is 32.1. The fourth-order valence-corrected chi connectivity index (χ4v) is 6.08. The Morgan fingerprint density at radius 1 is 1.12 bits per heavy atom. The molecule has 2 fully saturated rings. The molecule has 0 saturated carbocycles. The summed E-state index contributed by atoms with van der Waals surface area (Å²) in [5, 5.41) is 12.7. The molecule has 0 radical (unpaired) electrons. The first kappa shape index (κ1) is 28.6. The SMILES string of the molecule is CN1C2CCC1CN(c1cc(NC(=O)Cn3cc(-c4cc(C(N)=O)c(O)c(F)c4F)c4c(=O)n(C)cnc43)c(Cl)cn1)C2. The summed E-state index contributed by atoms with van der Waals surface area (Å²) in [6, 6.07) is 3.41. The van der Waals surface area contributed by atoms with Crippen LogP contribution in [0.25, 0.3) is 22.2 Å². The highest BCUT2D eigenvalue weighted by Gasteiger charge is 2.38. The number of primary amides is 1. The Balaban J connectivity index is 1.34. The van der Waals surface area contributed by atoms with Gasteiger partial charge in [-0.25, -0.2) is 14.4 Å². The number of piperazine rings is 1. The van der Waals surface area contributed by atoms with Crippen LogP contribution >= 0.6 is 11.6 Å². The van der Waals surface area contributed by atoms with Crippen molar-refractivity contribution in [1.82, 2.24) is 24.0 Å². The summed E-state index contributed by atoms with van der Waals surface area (Å²) in [5.74, 6) is -5.53. The van der Waals surface area contributed by atoms with Crippen molar-refractivity contribution >= 4 is 46.0 Å². The van der Waals surface area contributed by atoms with E-state index in [1.807, 2.05) is 0 Å². The molecule has 4 aromatic rings. The van der Waals surface area contributed by atoms with Crippen LogP contribution in [0.5, 0.6) is 5.75 Å². The highest BCUT2D eigenvalue weighted by Crippen LogP contribution is 2.36. The molecule has 2 aliphatic rings. The van der Waals surface area contributed by atoms with Crippen LogP contribution in [0.2, 0.25) is 5.02 Å². The molecular formula is C28H27ClF2N8O4. The van der Waals surface area contributed by atoms with Gasteiger partial charge in [-0.3, -0.25) is 19.3 Å². The quantitative estimate of drug-likeness (QED) is 0.300. The van der Waals surface area contributed by atoms with Gasteiger partial charge in [-0.15, -0.1) is 0 Å². The van der Waals surface area contributed by atoms with Crippen LogP contribution in [0.15, 0.2) is 35.6 Å². The van der Waals surface area contributed by atoms with Crippen molar-refractivity contribution in [3.63, 3.8) is 0 Å². The third kappa shape index (κ3) is 4.85. The zero-order valence-electron chi connectivity index (χ0n) is 23.1. The smallest absolute Gasteiger partial charge is 0.263 e. The first-order valence-corrected chi connectivity index (χ1v) is 13.8. The van der Waals surface area contributed by atoms with E-state index < -0.39 is 45.9 Å². The molecule has 224 valence electrons. The predicted octanol–water partition coefficient (Wildman–Crippen LogP) is 2.45. The molecule has 3 aromatic heterocycles. The Labute approximate surface area is 248 Å². The molecule has 12 nitrogen and oxygen atoms in total. The maximum atomic E-state index is 15.1. The first-order chi connectivity index (χ1) is 20.4. The lowest BCUT2D eigenvalue weighted by molar-refractivity contribution is -0.116. The summed E-state index contributed by atoms with van der Waals surface area (Å²) in [6.45, 7) is 1.23. The van der Waals surface area contributed by atoms with Gasteiger partial charge in [0.05, 0.1) is 34.2 Å². The third-order valence-corrected chi connectivity index (χ3v) is 8.58. The average molecular weight is 613 g/mol. The number of halogens is 3. The van der Waals surface area contributed by atoms with Gasteiger partial charge in [-0.05, 0) is 26.0 Å². The van der Waals surface area contributed by atoms with Crippen molar-refractivity contribution in [3.05, 3.63) is 63.4 Å². The Morgan fingerprint density at radius 3 is 2.49 bits per heavy atom. The number of carbonyl (C=O) groups excluding carboxylic acids is 2. The summed E-state index contributed by atoms with van der Waals surface area (Å²) >= 11 is 6.38. The van der Waals surface area contributed by atoms with E-state index in [4.69, 9.17) is 17.3 Å². The molecule has 2 unspecified atom stereocenters. The number of aryl methyl sites for hydroxylation is 1. The van der Waals surface area contributed by atoms with Crippen LogP contribution in [0.1, 0.15) is 23.2 Å². The van der Waals surface area contributed by atoms with Gasteiger partial charge in [-0.2, -0.15) is 4.39 Å². The molecule has 2 aliphatic heterocycles. The minimum absolute atomic E-state index is 0.0104. The van der Waals surface area contributed by atoms with Crippen LogP contribution < -0.4 is 21.5 Å². The number of rotatable bonds is 6. The van der Waals surface area contributed by atoms with Crippen LogP contribution in [0, 0.1) is 11.6 Å². The molecule has 0 aliphatic carbocycles. The number of likely N-dealkylation sites (N-methyl/N-ethyl adjacent to an activating group) is 1. The standard InChI is InChI=1S/C28H27ClF2N8O4/c1-36-12-34-27-22(28(36)43)17(15-5-16(26(32)42)25(41)24(31)23(15)30)10-39(27)11-21(40)35-19-6-20(33-7-18(19)29)38-8-13-3-4-14(9-38)37(13)2/h5-7,10,12-14,41H,3-4,8-9,11H2,1-2H3,(H2,32,42)(H,33,35,40). The van der Waals surface area contributed by atoms with Gasteiger partial charge in [0.2, 0.25) is 11.7 Å². The van der Waals surface area contributed by atoms with Gasteiger partial charge in [0.25, 0.3) is 11.5 Å². The second-order valence-corrected chi connectivity index (χ2v) is 11.3. The first-order valence-electron chi connectivity index (χ1n) is 13.4.